The summed E-state index contributed by atoms with van der Waals surface area (Å²) in [4.78, 5) is 0. The lowest BCUT2D eigenvalue weighted by molar-refractivity contribution is 0.398. The fourth-order valence-corrected chi connectivity index (χ4v) is 0.840. The maximum Gasteiger partial charge on any atom is 0.160 e. The second-order valence-corrected chi connectivity index (χ2v) is 2.31. The standard InChI is InChI=1S/C8H10FNO2/c9-6-4-8(12)7(11)3-5(6)1-2-10/h3-4,11-12H,1-2,10H2/i2D2,9-1. The lowest BCUT2D eigenvalue weighted by atomic mass is 10.1. The molecule has 1 aromatic carbocycles. The number of hydrogen-bond acceptors (Lipinski definition) is 3. The Morgan fingerprint density at radius 1 is 1.42 bits per heavy atom. The van der Waals surface area contributed by atoms with Crippen LogP contribution in [0.5, 0.6) is 11.5 Å². The van der Waals surface area contributed by atoms with E-state index in [-0.39, 0.29) is 12.0 Å². The molecule has 3 nitrogen and oxygen atoms in total. The second kappa shape index (κ2) is 3.40. The molecule has 0 radical (unpaired) electrons. The highest BCUT2D eigenvalue weighted by Gasteiger charge is 2.06. The minimum absolute atomic E-state index is 0.0761. The molecule has 4 N–H and O–H groups in total. The van der Waals surface area contributed by atoms with Gasteiger partial charge in [0, 0.05) is 8.81 Å². The summed E-state index contributed by atoms with van der Waals surface area (Å²) in [5.74, 6) is -1.87. The van der Waals surface area contributed by atoms with Crippen molar-refractivity contribution >= 4 is 0 Å². The average Bonchev–Trinajstić information content (AvgIpc) is 1.97. The Labute approximate surface area is 72.1 Å². The predicted molar refractivity (Wildman–Crippen MR) is 42.5 cm³/mol. The molecule has 0 fully saturated rings. The smallest absolute Gasteiger partial charge is 0.160 e. The Morgan fingerprint density at radius 2 is 2.00 bits per heavy atom. The minimum Gasteiger partial charge on any atom is -0.504 e. The molecule has 1 rings (SSSR count). The Bertz CT molecular complexity index is 352. The van der Waals surface area contributed by atoms with Gasteiger partial charge in [-0.2, -0.15) is 0 Å². The van der Waals surface area contributed by atoms with Crippen molar-refractivity contribution in [3.05, 3.63) is 23.5 Å². The number of halogens is 1. The lowest BCUT2D eigenvalue weighted by Gasteiger charge is -2.03. The lowest BCUT2D eigenvalue weighted by Crippen LogP contribution is -2.04. The number of benzene rings is 1. The topological polar surface area (TPSA) is 66.5 Å². The number of phenolic OH excluding ortho intramolecular Hbond substituents is 2. The Balaban J connectivity index is 3.04. The molecule has 0 aliphatic carbocycles. The van der Waals surface area contributed by atoms with Gasteiger partial charge in [0.1, 0.15) is 5.82 Å². The summed E-state index contributed by atoms with van der Waals surface area (Å²) in [6.07, 6.45) is -0.368. The molecule has 12 heavy (non-hydrogen) atoms. The van der Waals surface area contributed by atoms with E-state index in [1.807, 2.05) is 0 Å². The van der Waals surface area contributed by atoms with Crippen molar-refractivity contribution in [2.75, 3.05) is 6.50 Å². The zero-order valence-electron chi connectivity index (χ0n) is 8.21. The first kappa shape index (κ1) is 6.25. The Morgan fingerprint density at radius 3 is 2.58 bits per heavy atom. The molecule has 0 spiro atoms. The summed E-state index contributed by atoms with van der Waals surface area (Å²) >= 11 is 0. The van der Waals surface area contributed by atoms with Crippen molar-refractivity contribution in [1.29, 1.82) is 0 Å². The first-order valence-electron chi connectivity index (χ1n) is 4.29. The Hall–Kier alpha value is -1.29. The van der Waals surface area contributed by atoms with Crippen molar-refractivity contribution in [3.63, 3.8) is 0 Å². The van der Waals surface area contributed by atoms with Crippen LogP contribution in [0, 0.1) is 5.82 Å². The quantitative estimate of drug-likeness (QED) is 0.576. The molecule has 0 aromatic heterocycles. The first-order chi connectivity index (χ1) is 6.29. The second-order valence-electron chi connectivity index (χ2n) is 2.31. The normalized spacial score (nSPS) is 13.8. The van der Waals surface area contributed by atoms with Gasteiger partial charge in [-0.15, -0.1) is 0 Å². The van der Waals surface area contributed by atoms with Crippen LogP contribution in [0.3, 0.4) is 0 Å². The zero-order chi connectivity index (χ0) is 10.9. The van der Waals surface area contributed by atoms with Gasteiger partial charge in [0.2, 0.25) is 0 Å². The van der Waals surface area contributed by atoms with Gasteiger partial charge in [-0.3, -0.25) is 0 Å². The maximum absolute atomic E-state index is 13.1. The summed E-state index contributed by atoms with van der Waals surface area (Å²) < 4.78 is 27.1. The molecule has 66 valence electrons. The summed E-state index contributed by atoms with van der Waals surface area (Å²) in [6.45, 7) is -2.05. The highest BCUT2D eigenvalue weighted by Crippen LogP contribution is 2.27. The van der Waals surface area contributed by atoms with Gasteiger partial charge in [-0.1, -0.05) is 0 Å². The van der Waals surface area contributed by atoms with Gasteiger partial charge in [0.05, 0.1) is 0 Å². The van der Waals surface area contributed by atoms with Crippen molar-refractivity contribution in [3.8, 4) is 11.5 Å². The molecule has 0 saturated carbocycles. The summed E-state index contributed by atoms with van der Waals surface area (Å²) in [6, 6.07) is 1.67. The van der Waals surface area contributed by atoms with Gasteiger partial charge in [-0.25, -0.2) is 4.39 Å². The molecule has 0 amide bonds. The van der Waals surface area contributed by atoms with Gasteiger partial charge in [-0.05, 0) is 24.5 Å². The van der Waals surface area contributed by atoms with E-state index in [0.29, 0.717) is 0 Å². The largest absolute Gasteiger partial charge is 0.504 e. The van der Waals surface area contributed by atoms with E-state index in [0.717, 1.165) is 12.1 Å². The summed E-state index contributed by atoms with van der Waals surface area (Å²) in [7, 11) is 0. The number of nitrogens with two attached hydrogens (primary N) is 1. The molecule has 0 atom stereocenters. The highest BCUT2D eigenvalue weighted by atomic mass is 18.2. The van der Waals surface area contributed by atoms with E-state index in [4.69, 9.17) is 18.7 Å². The van der Waals surface area contributed by atoms with E-state index in [1.54, 1.807) is 0 Å². The molecule has 0 unspecified atom stereocenters. The number of aryl methyl sites for hydroxylation is 1. The number of hydrogen-bond donors (Lipinski definition) is 3. The van der Waals surface area contributed by atoms with Crippen LogP contribution in [0.15, 0.2) is 12.1 Å². The molecular weight excluding hydrogens is 160 g/mol. The molecule has 0 heterocycles. The third-order valence-corrected chi connectivity index (χ3v) is 1.44. The SMILES string of the molecule is [2H]C([2H])(N)Cc1cc(O)c(O)cc1[18F]. The van der Waals surface area contributed by atoms with Crippen LogP contribution in [0.4, 0.5) is 4.39 Å². The number of aromatic hydroxyl groups is 2. The van der Waals surface area contributed by atoms with Crippen LogP contribution >= 0.6 is 0 Å². The highest BCUT2D eigenvalue weighted by molar-refractivity contribution is 5.41. The molecule has 1 aromatic rings. The van der Waals surface area contributed by atoms with Gasteiger partial charge in [0.15, 0.2) is 11.5 Å². The van der Waals surface area contributed by atoms with Crippen LogP contribution in [0.2, 0.25) is 0 Å². The van der Waals surface area contributed by atoms with E-state index >= 15 is 0 Å². The molecule has 0 saturated heterocycles. The van der Waals surface area contributed by atoms with Crippen LogP contribution in [-0.4, -0.2) is 16.7 Å². The molecule has 0 bridgehead atoms. The van der Waals surface area contributed by atoms with Crippen LogP contribution < -0.4 is 5.73 Å². The fraction of sp³-hybridized carbons (Fsp3) is 0.250. The van der Waals surface area contributed by atoms with Crippen molar-refractivity contribution in [2.24, 2.45) is 5.73 Å². The van der Waals surface area contributed by atoms with Gasteiger partial charge in [0.25, 0.3) is 0 Å². The van der Waals surface area contributed by atoms with Crippen molar-refractivity contribution in [1.82, 2.24) is 0 Å². The third kappa shape index (κ3) is 1.65. The van der Waals surface area contributed by atoms with Gasteiger partial charge < -0.3 is 15.9 Å². The van der Waals surface area contributed by atoms with E-state index in [1.165, 1.54) is 0 Å². The van der Waals surface area contributed by atoms with E-state index in [9.17, 15) is 4.39 Å². The number of phenols is 2. The fourth-order valence-electron chi connectivity index (χ4n) is 0.840. The third-order valence-electron chi connectivity index (χ3n) is 1.44. The van der Waals surface area contributed by atoms with Crippen molar-refractivity contribution in [2.45, 2.75) is 6.42 Å². The summed E-state index contributed by atoms with van der Waals surface area (Å²) in [5.41, 5.74) is 4.97. The van der Waals surface area contributed by atoms with Crippen molar-refractivity contribution < 1.29 is 17.3 Å². The maximum atomic E-state index is 13.1. The predicted octanol–water partition coefficient (Wildman–Crippen LogP) is 0.738. The van der Waals surface area contributed by atoms with Gasteiger partial charge >= 0.3 is 0 Å². The van der Waals surface area contributed by atoms with Crippen LogP contribution in [0.25, 0.3) is 0 Å². The monoisotopic (exact) mass is 172 g/mol. The minimum atomic E-state index is -2.05. The zero-order valence-corrected chi connectivity index (χ0v) is 6.21. The molecular formula is C8H10FNO2. The molecule has 0 aliphatic rings. The first-order valence-corrected chi connectivity index (χ1v) is 3.29. The van der Waals surface area contributed by atoms with E-state index < -0.39 is 23.8 Å². The molecule has 0 aliphatic heterocycles. The average molecular weight is 172 g/mol. The van der Waals surface area contributed by atoms with Crippen LogP contribution in [0.1, 0.15) is 8.30 Å². The van der Waals surface area contributed by atoms with Crippen LogP contribution in [-0.2, 0) is 6.42 Å². The number of rotatable bonds is 2. The summed E-state index contributed by atoms with van der Waals surface area (Å²) in [5, 5.41) is 17.9. The molecule has 4 heteroatoms. The van der Waals surface area contributed by atoms with E-state index in [2.05, 4.69) is 0 Å². The Kier molecular flexibility index (Phi) is 1.77.